The van der Waals surface area contributed by atoms with Crippen LogP contribution in [0.3, 0.4) is 0 Å². The van der Waals surface area contributed by atoms with Gasteiger partial charge in [0.1, 0.15) is 11.7 Å². The van der Waals surface area contributed by atoms with Gasteiger partial charge in [0.05, 0.1) is 24.8 Å². The monoisotopic (exact) mass is 488 g/mol. The zero-order valence-corrected chi connectivity index (χ0v) is 21.1. The maximum absolute atomic E-state index is 13.6. The summed E-state index contributed by atoms with van der Waals surface area (Å²) >= 11 is 0. The Hall–Kier alpha value is -3.78. The van der Waals surface area contributed by atoms with Crippen molar-refractivity contribution in [3.63, 3.8) is 0 Å². The van der Waals surface area contributed by atoms with Crippen molar-refractivity contribution in [1.29, 1.82) is 0 Å². The van der Waals surface area contributed by atoms with Crippen molar-refractivity contribution in [3.05, 3.63) is 77.7 Å². The van der Waals surface area contributed by atoms with E-state index in [0.29, 0.717) is 24.2 Å². The van der Waals surface area contributed by atoms with Crippen LogP contribution < -0.4 is 4.74 Å². The van der Waals surface area contributed by atoms with Gasteiger partial charge < -0.3 is 19.6 Å². The van der Waals surface area contributed by atoms with Crippen LogP contribution in [0.15, 0.2) is 61.1 Å². The van der Waals surface area contributed by atoms with Gasteiger partial charge in [0, 0.05) is 43.7 Å². The molecule has 36 heavy (non-hydrogen) atoms. The van der Waals surface area contributed by atoms with E-state index in [9.17, 15) is 14.7 Å². The molecule has 188 valence electrons. The van der Waals surface area contributed by atoms with Crippen LogP contribution in [0, 0.1) is 12.8 Å². The SMILES string of the molecule is Cc1ccccc1-c1cnc2c(c1)C(=O)N([C@H](C)CO)C[C@@H](C)[C@@H](CN(C)C(=O)c1cccnc1)O2. The lowest BCUT2D eigenvalue weighted by molar-refractivity contribution is 0.0313. The van der Waals surface area contributed by atoms with E-state index in [0.717, 1.165) is 16.7 Å². The number of amides is 2. The maximum atomic E-state index is 13.6. The number of carbonyl (C=O) groups is 2. The van der Waals surface area contributed by atoms with Gasteiger partial charge in [-0.3, -0.25) is 14.6 Å². The number of hydrogen-bond donors (Lipinski definition) is 1. The van der Waals surface area contributed by atoms with Crippen molar-refractivity contribution in [2.75, 3.05) is 26.7 Å². The minimum absolute atomic E-state index is 0.127. The Morgan fingerprint density at radius 2 is 2.00 bits per heavy atom. The molecule has 0 unspecified atom stereocenters. The highest BCUT2D eigenvalue weighted by atomic mass is 16.5. The van der Waals surface area contributed by atoms with Crippen molar-refractivity contribution >= 4 is 11.8 Å². The summed E-state index contributed by atoms with van der Waals surface area (Å²) in [6.07, 6.45) is 4.45. The molecule has 3 heterocycles. The molecule has 0 saturated carbocycles. The summed E-state index contributed by atoms with van der Waals surface area (Å²) < 4.78 is 6.33. The molecule has 3 aromatic rings. The second kappa shape index (κ2) is 10.9. The van der Waals surface area contributed by atoms with Crippen LogP contribution in [0.5, 0.6) is 5.88 Å². The first-order valence-corrected chi connectivity index (χ1v) is 12.1. The Balaban J connectivity index is 1.70. The number of aliphatic hydroxyl groups excluding tert-OH is 1. The molecule has 0 fully saturated rings. The molecule has 4 rings (SSSR count). The van der Waals surface area contributed by atoms with Gasteiger partial charge in [0.25, 0.3) is 11.8 Å². The van der Waals surface area contributed by atoms with Crippen LogP contribution in [0.2, 0.25) is 0 Å². The largest absolute Gasteiger partial charge is 0.472 e. The molecule has 0 aliphatic carbocycles. The summed E-state index contributed by atoms with van der Waals surface area (Å²) in [6, 6.07) is 12.8. The van der Waals surface area contributed by atoms with E-state index in [1.807, 2.05) is 51.1 Å². The van der Waals surface area contributed by atoms with E-state index in [4.69, 9.17) is 4.74 Å². The number of carbonyl (C=O) groups excluding carboxylic acids is 2. The Labute approximate surface area is 211 Å². The fourth-order valence-electron chi connectivity index (χ4n) is 4.43. The van der Waals surface area contributed by atoms with E-state index in [1.165, 1.54) is 6.20 Å². The van der Waals surface area contributed by atoms with Gasteiger partial charge in [0.2, 0.25) is 5.88 Å². The number of benzene rings is 1. The van der Waals surface area contributed by atoms with Crippen LogP contribution in [-0.2, 0) is 0 Å². The van der Waals surface area contributed by atoms with Gasteiger partial charge in [-0.05, 0) is 43.2 Å². The molecular weight excluding hydrogens is 456 g/mol. The third-order valence-corrected chi connectivity index (χ3v) is 6.69. The lowest BCUT2D eigenvalue weighted by atomic mass is 9.98. The highest BCUT2D eigenvalue weighted by Crippen LogP contribution is 2.31. The second-order valence-corrected chi connectivity index (χ2v) is 9.44. The number of aliphatic hydroxyl groups is 1. The van der Waals surface area contributed by atoms with Gasteiger partial charge >= 0.3 is 0 Å². The molecular formula is C28H32N4O4. The predicted octanol–water partition coefficient (Wildman–Crippen LogP) is 3.44. The first kappa shape index (κ1) is 25.3. The quantitative estimate of drug-likeness (QED) is 0.571. The Bertz CT molecular complexity index is 1230. The number of fused-ring (bicyclic) bond motifs is 1. The molecule has 2 amide bonds. The number of hydrogen-bond acceptors (Lipinski definition) is 6. The third kappa shape index (κ3) is 5.23. The molecule has 1 N–H and O–H groups in total. The number of aryl methyl sites for hydroxylation is 1. The number of ether oxygens (including phenoxy) is 1. The van der Waals surface area contributed by atoms with Crippen molar-refractivity contribution < 1.29 is 19.4 Å². The summed E-state index contributed by atoms with van der Waals surface area (Å²) in [4.78, 5) is 38.5. The van der Waals surface area contributed by atoms with Crippen LogP contribution in [0.4, 0.5) is 0 Å². The van der Waals surface area contributed by atoms with E-state index in [2.05, 4.69) is 9.97 Å². The van der Waals surface area contributed by atoms with Crippen molar-refractivity contribution in [2.24, 2.45) is 5.92 Å². The fourth-order valence-corrected chi connectivity index (χ4v) is 4.43. The van der Waals surface area contributed by atoms with E-state index < -0.39 is 6.10 Å². The van der Waals surface area contributed by atoms with Gasteiger partial charge in [-0.25, -0.2) is 4.98 Å². The van der Waals surface area contributed by atoms with Gasteiger partial charge in [-0.2, -0.15) is 0 Å². The zero-order valence-electron chi connectivity index (χ0n) is 21.1. The normalized spacial score (nSPS) is 18.5. The maximum Gasteiger partial charge on any atom is 0.259 e. The van der Waals surface area contributed by atoms with Crippen LogP contribution >= 0.6 is 0 Å². The summed E-state index contributed by atoms with van der Waals surface area (Å²) in [5.74, 6) is -0.301. The minimum atomic E-state index is -0.423. The standard InChI is InChI=1S/C28H32N4O4/c1-18-8-5-6-10-23(18)22-12-24-26(30-14-22)36-25(19(2)15-32(28(24)35)20(3)17-33)16-31(4)27(34)21-9-7-11-29-13-21/h5-14,19-20,25,33H,15-17H2,1-4H3/t19-,20-,25-/m1/s1. The van der Waals surface area contributed by atoms with Crippen LogP contribution in [0.25, 0.3) is 11.1 Å². The number of nitrogens with zero attached hydrogens (tertiary/aromatic N) is 4. The molecule has 1 aliphatic heterocycles. The Kier molecular flexibility index (Phi) is 7.64. The third-order valence-electron chi connectivity index (χ3n) is 6.69. The number of aromatic nitrogens is 2. The second-order valence-electron chi connectivity index (χ2n) is 9.44. The average Bonchev–Trinajstić information content (AvgIpc) is 2.90. The summed E-state index contributed by atoms with van der Waals surface area (Å²) in [5.41, 5.74) is 3.70. The molecule has 8 heteroatoms. The van der Waals surface area contributed by atoms with Gasteiger partial charge in [0.15, 0.2) is 0 Å². The first-order chi connectivity index (χ1) is 17.3. The highest BCUT2D eigenvalue weighted by molar-refractivity contribution is 5.98. The van der Waals surface area contributed by atoms with Crippen LogP contribution in [-0.4, -0.2) is 75.6 Å². The number of pyridine rings is 2. The lowest BCUT2D eigenvalue weighted by Crippen LogP contribution is -2.50. The van der Waals surface area contributed by atoms with Gasteiger partial charge in [-0.15, -0.1) is 0 Å². The van der Waals surface area contributed by atoms with Gasteiger partial charge in [-0.1, -0.05) is 31.2 Å². The van der Waals surface area contributed by atoms with Crippen molar-refractivity contribution in [2.45, 2.75) is 32.9 Å². The summed E-state index contributed by atoms with van der Waals surface area (Å²) in [6.45, 7) is 6.31. The molecule has 8 nitrogen and oxygen atoms in total. The van der Waals surface area contributed by atoms with Crippen molar-refractivity contribution in [3.8, 4) is 17.0 Å². The number of rotatable bonds is 6. The predicted molar refractivity (Wildman–Crippen MR) is 137 cm³/mol. The number of likely N-dealkylation sites (N-methyl/N-ethyl adjacent to an activating group) is 1. The molecule has 2 aromatic heterocycles. The molecule has 1 aliphatic rings. The molecule has 0 radical (unpaired) electrons. The van der Waals surface area contributed by atoms with E-state index >= 15 is 0 Å². The first-order valence-electron chi connectivity index (χ1n) is 12.1. The average molecular weight is 489 g/mol. The van der Waals surface area contributed by atoms with Crippen LogP contribution in [0.1, 0.15) is 40.1 Å². The fraction of sp³-hybridized carbons (Fsp3) is 0.357. The molecule has 0 saturated heterocycles. The Morgan fingerprint density at radius 1 is 1.22 bits per heavy atom. The zero-order chi connectivity index (χ0) is 25.8. The summed E-state index contributed by atoms with van der Waals surface area (Å²) in [7, 11) is 1.72. The molecule has 0 bridgehead atoms. The minimum Gasteiger partial charge on any atom is -0.472 e. The lowest BCUT2D eigenvalue weighted by Gasteiger charge is -2.37. The Morgan fingerprint density at radius 3 is 2.69 bits per heavy atom. The van der Waals surface area contributed by atoms with E-state index in [-0.39, 0.29) is 36.3 Å². The smallest absolute Gasteiger partial charge is 0.259 e. The molecule has 0 spiro atoms. The van der Waals surface area contributed by atoms with E-state index in [1.54, 1.807) is 41.4 Å². The van der Waals surface area contributed by atoms with Crippen molar-refractivity contribution in [1.82, 2.24) is 19.8 Å². The highest BCUT2D eigenvalue weighted by Gasteiger charge is 2.35. The topological polar surface area (TPSA) is 95.9 Å². The summed E-state index contributed by atoms with van der Waals surface area (Å²) in [5, 5.41) is 9.88. The molecule has 3 atom stereocenters. The molecule has 1 aromatic carbocycles.